The first-order valence-electron chi connectivity index (χ1n) is 5.06. The molecule has 0 atom stereocenters. The molecule has 0 amide bonds. The molecule has 1 N–H and O–H groups in total. The van der Waals surface area contributed by atoms with Crippen molar-refractivity contribution < 1.29 is 23.1 Å². The summed E-state index contributed by atoms with van der Waals surface area (Å²) in [6.45, 7) is 0. The molecule has 3 aromatic rings. The van der Waals surface area contributed by atoms with Gasteiger partial charge in [-0.05, 0) is 17.5 Å². The first-order chi connectivity index (χ1) is 9.06. The third kappa shape index (κ3) is 2.02. The molecule has 0 aromatic carbocycles. The Hall–Kier alpha value is -1.80. The number of rotatable bonds is 3. The molecule has 0 spiro atoms. The molecule has 0 bridgehead atoms. The Morgan fingerprint density at radius 1 is 1.42 bits per heavy atom. The second-order valence-corrected chi connectivity index (χ2v) is 5.63. The van der Waals surface area contributed by atoms with Crippen molar-refractivity contribution in [2.75, 3.05) is 0 Å². The number of hydrogen-bond donors (Lipinski definition) is 1. The summed E-state index contributed by atoms with van der Waals surface area (Å²) in [4.78, 5) is 15.0. The lowest BCUT2D eigenvalue weighted by Crippen LogP contribution is -1.99. The fourth-order valence-electron chi connectivity index (χ4n) is 1.61. The zero-order chi connectivity index (χ0) is 13.6. The van der Waals surface area contributed by atoms with Crippen LogP contribution in [0, 0.1) is 0 Å². The van der Waals surface area contributed by atoms with E-state index in [0.29, 0.717) is 4.88 Å². The van der Waals surface area contributed by atoms with Crippen molar-refractivity contribution in [3.8, 4) is 10.8 Å². The Balaban J connectivity index is 2.12. The molecular formula is C11H5F2NO3S2. The van der Waals surface area contributed by atoms with Crippen molar-refractivity contribution >= 4 is 38.0 Å². The zero-order valence-electron chi connectivity index (χ0n) is 9.09. The van der Waals surface area contributed by atoms with E-state index in [0.717, 1.165) is 9.40 Å². The average molecular weight is 301 g/mol. The molecule has 98 valence electrons. The Morgan fingerprint density at radius 2 is 2.21 bits per heavy atom. The quantitative estimate of drug-likeness (QED) is 0.785. The van der Waals surface area contributed by atoms with E-state index in [1.165, 1.54) is 22.7 Å². The standard InChI is InChI=1S/C11H5F2NO3S2/c12-9(13)7-8(11(15)16)17-10(14-7)6-3-5-4(19-6)1-2-18-5/h1-3,9H,(H,15,16). The van der Waals surface area contributed by atoms with Gasteiger partial charge in [0.05, 0.1) is 4.88 Å². The summed E-state index contributed by atoms with van der Waals surface area (Å²) >= 11 is 2.82. The van der Waals surface area contributed by atoms with Crippen LogP contribution in [-0.4, -0.2) is 16.1 Å². The SMILES string of the molecule is O=C(O)c1oc(-c2cc3sccc3s2)nc1C(F)F. The Labute approximate surface area is 112 Å². The molecule has 4 nitrogen and oxygen atoms in total. The maximum Gasteiger partial charge on any atom is 0.374 e. The molecule has 8 heteroatoms. The lowest BCUT2D eigenvalue weighted by Gasteiger charge is -1.91. The van der Waals surface area contributed by atoms with Gasteiger partial charge in [0.1, 0.15) is 0 Å². The molecule has 19 heavy (non-hydrogen) atoms. The minimum atomic E-state index is -2.98. The van der Waals surface area contributed by atoms with Crippen molar-refractivity contribution in [3.63, 3.8) is 0 Å². The minimum absolute atomic E-state index is 0.0823. The van der Waals surface area contributed by atoms with E-state index in [2.05, 4.69) is 4.98 Å². The highest BCUT2D eigenvalue weighted by Crippen LogP contribution is 2.37. The van der Waals surface area contributed by atoms with E-state index in [4.69, 9.17) is 9.52 Å². The third-order valence-electron chi connectivity index (χ3n) is 2.40. The first-order valence-corrected chi connectivity index (χ1v) is 6.75. The Kier molecular flexibility index (Phi) is 2.83. The van der Waals surface area contributed by atoms with Gasteiger partial charge in [-0.2, -0.15) is 0 Å². The van der Waals surface area contributed by atoms with Crippen molar-refractivity contribution in [3.05, 3.63) is 29.0 Å². The van der Waals surface area contributed by atoms with Crippen molar-refractivity contribution in [2.45, 2.75) is 6.43 Å². The second kappa shape index (κ2) is 4.39. The maximum absolute atomic E-state index is 12.7. The second-order valence-electron chi connectivity index (χ2n) is 3.60. The molecule has 0 saturated heterocycles. The Morgan fingerprint density at radius 3 is 2.79 bits per heavy atom. The summed E-state index contributed by atoms with van der Waals surface area (Å²) in [5.74, 6) is -2.43. The summed E-state index contributed by atoms with van der Waals surface area (Å²) in [7, 11) is 0. The van der Waals surface area contributed by atoms with E-state index in [9.17, 15) is 13.6 Å². The number of thiophene rings is 2. The number of carbonyl (C=O) groups is 1. The van der Waals surface area contributed by atoms with Crippen LogP contribution >= 0.6 is 22.7 Å². The molecule has 0 aliphatic carbocycles. The molecule has 0 saturated carbocycles. The summed E-state index contributed by atoms with van der Waals surface area (Å²) in [6.07, 6.45) is -2.98. The molecule has 0 fully saturated rings. The zero-order valence-corrected chi connectivity index (χ0v) is 10.7. The number of hydrogen-bond acceptors (Lipinski definition) is 5. The number of oxazole rings is 1. The van der Waals surface area contributed by atoms with Crippen LogP contribution < -0.4 is 0 Å². The van der Waals surface area contributed by atoms with Gasteiger partial charge in [0, 0.05) is 9.40 Å². The van der Waals surface area contributed by atoms with Gasteiger partial charge in [-0.25, -0.2) is 18.6 Å². The molecule has 3 aromatic heterocycles. The molecule has 0 radical (unpaired) electrons. The van der Waals surface area contributed by atoms with Gasteiger partial charge in [0.15, 0.2) is 5.69 Å². The predicted octanol–water partition coefficient (Wildman–Crippen LogP) is 4.25. The third-order valence-corrected chi connectivity index (χ3v) is 4.49. The lowest BCUT2D eigenvalue weighted by molar-refractivity contribution is 0.0647. The van der Waals surface area contributed by atoms with Gasteiger partial charge >= 0.3 is 5.97 Å². The van der Waals surface area contributed by atoms with E-state index < -0.39 is 23.8 Å². The van der Waals surface area contributed by atoms with Gasteiger partial charge < -0.3 is 9.52 Å². The van der Waals surface area contributed by atoms with Gasteiger partial charge in [0.25, 0.3) is 6.43 Å². The van der Waals surface area contributed by atoms with Crippen LogP contribution in [0.4, 0.5) is 8.78 Å². The van der Waals surface area contributed by atoms with E-state index in [-0.39, 0.29) is 5.89 Å². The number of alkyl halides is 2. The number of fused-ring (bicyclic) bond motifs is 1. The van der Waals surface area contributed by atoms with Gasteiger partial charge in [-0.1, -0.05) is 0 Å². The van der Waals surface area contributed by atoms with Crippen LogP contribution in [0.15, 0.2) is 21.9 Å². The molecular weight excluding hydrogens is 296 g/mol. The number of aromatic carboxylic acids is 1. The number of aromatic nitrogens is 1. The Bertz CT molecular complexity index is 731. The molecule has 0 aliphatic rings. The number of carboxylic acids is 1. The largest absolute Gasteiger partial charge is 0.475 e. The molecule has 0 aliphatic heterocycles. The normalized spacial score (nSPS) is 11.5. The average Bonchev–Trinajstić information content (AvgIpc) is 3.01. The molecule has 3 heterocycles. The van der Waals surface area contributed by atoms with Gasteiger partial charge in [0.2, 0.25) is 11.7 Å². The predicted molar refractivity (Wildman–Crippen MR) is 67.1 cm³/mol. The summed E-state index contributed by atoms with van der Waals surface area (Å²) in [5, 5.41) is 10.7. The molecule has 0 unspecified atom stereocenters. The maximum atomic E-state index is 12.7. The lowest BCUT2D eigenvalue weighted by atomic mass is 10.3. The first kappa shape index (κ1) is 12.2. The summed E-state index contributed by atoms with van der Waals surface area (Å²) < 4.78 is 32.3. The summed E-state index contributed by atoms with van der Waals surface area (Å²) in [6, 6.07) is 3.64. The van der Waals surface area contributed by atoms with Crippen molar-refractivity contribution in [1.82, 2.24) is 4.98 Å². The smallest absolute Gasteiger partial charge is 0.374 e. The van der Waals surface area contributed by atoms with E-state index in [1.54, 1.807) is 6.07 Å². The van der Waals surface area contributed by atoms with Crippen LogP contribution in [0.1, 0.15) is 22.7 Å². The van der Waals surface area contributed by atoms with Crippen molar-refractivity contribution in [2.24, 2.45) is 0 Å². The van der Waals surface area contributed by atoms with Crippen molar-refractivity contribution in [1.29, 1.82) is 0 Å². The monoisotopic (exact) mass is 301 g/mol. The number of carboxylic acid groups (broad SMARTS) is 1. The van der Waals surface area contributed by atoms with Gasteiger partial charge in [-0.3, -0.25) is 0 Å². The summed E-state index contributed by atoms with van der Waals surface area (Å²) in [5.41, 5.74) is -0.834. The fraction of sp³-hybridized carbons (Fsp3) is 0.0909. The van der Waals surface area contributed by atoms with Crippen LogP contribution in [-0.2, 0) is 0 Å². The topological polar surface area (TPSA) is 63.3 Å². The number of halogens is 2. The van der Waals surface area contributed by atoms with Crippen LogP contribution in [0.2, 0.25) is 0 Å². The van der Waals surface area contributed by atoms with E-state index >= 15 is 0 Å². The number of nitrogens with zero attached hydrogens (tertiary/aromatic N) is 1. The fourth-order valence-corrected chi connectivity index (χ4v) is 3.64. The highest BCUT2D eigenvalue weighted by molar-refractivity contribution is 7.28. The van der Waals surface area contributed by atoms with Crippen LogP contribution in [0.5, 0.6) is 0 Å². The van der Waals surface area contributed by atoms with Crippen LogP contribution in [0.3, 0.4) is 0 Å². The highest BCUT2D eigenvalue weighted by atomic mass is 32.1. The van der Waals surface area contributed by atoms with E-state index in [1.807, 2.05) is 11.4 Å². The van der Waals surface area contributed by atoms with Gasteiger partial charge in [-0.15, -0.1) is 22.7 Å². The van der Waals surface area contributed by atoms with Crippen LogP contribution in [0.25, 0.3) is 20.2 Å². The molecule has 3 rings (SSSR count). The minimum Gasteiger partial charge on any atom is -0.475 e. The highest BCUT2D eigenvalue weighted by Gasteiger charge is 2.27.